The maximum absolute atomic E-state index is 10.9. The van der Waals surface area contributed by atoms with Gasteiger partial charge in [-0.05, 0) is 0 Å². The van der Waals surface area contributed by atoms with E-state index < -0.39 is 5.91 Å². The Bertz CT molecular complexity index is 327. The van der Waals surface area contributed by atoms with Gasteiger partial charge in [-0.15, -0.1) is 11.3 Å². The van der Waals surface area contributed by atoms with Crippen molar-refractivity contribution in [1.82, 2.24) is 10.3 Å². The lowest BCUT2D eigenvalue weighted by atomic mass is 10.4. The Morgan fingerprint density at radius 3 is 3.17 bits per heavy atom. The van der Waals surface area contributed by atoms with Gasteiger partial charge < -0.3 is 5.73 Å². The van der Waals surface area contributed by atoms with Gasteiger partial charge in [-0.3, -0.25) is 10.1 Å². The molecule has 0 aliphatic heterocycles. The summed E-state index contributed by atoms with van der Waals surface area (Å²) < 4.78 is 0. The monoisotopic (exact) mass is 182 g/mol. The summed E-state index contributed by atoms with van der Waals surface area (Å²) in [6.45, 7) is 0.310. The molecule has 1 heterocycles. The molecule has 0 aliphatic carbocycles. The quantitative estimate of drug-likeness (QED) is 0.490. The van der Waals surface area contributed by atoms with Crippen LogP contribution < -0.4 is 11.1 Å². The Hall–Kier alpha value is -1.45. The average Bonchev–Trinajstić information content (AvgIpc) is 2.52. The van der Waals surface area contributed by atoms with Gasteiger partial charge in [0, 0.05) is 11.9 Å². The highest BCUT2D eigenvalue weighted by Crippen LogP contribution is 2.07. The molecular formula is C6H6N4OS. The first-order chi connectivity index (χ1) is 5.77. The summed E-state index contributed by atoms with van der Waals surface area (Å²) >= 11 is 1.30. The first-order valence-electron chi connectivity index (χ1n) is 3.12. The number of carbonyl (C=O) groups excluding carboxylic acids is 1. The van der Waals surface area contributed by atoms with E-state index in [4.69, 9.17) is 11.0 Å². The van der Waals surface area contributed by atoms with Crippen LogP contribution in [0.1, 0.15) is 15.5 Å². The Kier molecular flexibility index (Phi) is 2.74. The van der Waals surface area contributed by atoms with E-state index in [-0.39, 0.29) is 5.69 Å². The Balaban J connectivity index is 2.76. The number of rotatable bonds is 2. The molecule has 0 aliphatic rings. The lowest BCUT2D eigenvalue weighted by molar-refractivity contribution is 0.0968. The van der Waals surface area contributed by atoms with Gasteiger partial charge in [0.1, 0.15) is 10.7 Å². The Morgan fingerprint density at radius 1 is 1.92 bits per heavy atom. The van der Waals surface area contributed by atoms with E-state index in [2.05, 4.69) is 4.98 Å². The van der Waals surface area contributed by atoms with E-state index in [0.717, 1.165) is 0 Å². The van der Waals surface area contributed by atoms with Crippen LogP contribution >= 0.6 is 11.3 Å². The zero-order valence-corrected chi connectivity index (χ0v) is 6.89. The van der Waals surface area contributed by atoms with Gasteiger partial charge in [-0.25, -0.2) is 4.98 Å². The van der Waals surface area contributed by atoms with E-state index in [1.807, 2.05) is 5.32 Å². The normalized spacial score (nSPS) is 9.00. The molecule has 6 heteroatoms. The van der Waals surface area contributed by atoms with Crippen molar-refractivity contribution in [3.8, 4) is 6.19 Å². The van der Waals surface area contributed by atoms with Crippen molar-refractivity contribution in [3.05, 3.63) is 16.1 Å². The summed E-state index contributed by atoms with van der Waals surface area (Å²) in [5.74, 6) is -0.492. The van der Waals surface area contributed by atoms with E-state index >= 15 is 0 Å². The highest BCUT2D eigenvalue weighted by molar-refractivity contribution is 7.09. The molecule has 1 aromatic rings. The summed E-state index contributed by atoms with van der Waals surface area (Å²) in [4.78, 5) is 14.8. The van der Waals surface area contributed by atoms with Crippen LogP contribution in [-0.4, -0.2) is 10.9 Å². The predicted octanol–water partition coefficient (Wildman–Crippen LogP) is -0.187. The fourth-order valence-electron chi connectivity index (χ4n) is 0.624. The second kappa shape index (κ2) is 3.80. The zero-order valence-electron chi connectivity index (χ0n) is 6.07. The number of nitriles is 1. The van der Waals surface area contributed by atoms with Crippen LogP contribution in [0.2, 0.25) is 0 Å². The molecule has 0 saturated heterocycles. The van der Waals surface area contributed by atoms with Gasteiger partial charge in [0.2, 0.25) is 0 Å². The van der Waals surface area contributed by atoms with Crippen LogP contribution in [0.25, 0.3) is 0 Å². The summed E-state index contributed by atoms with van der Waals surface area (Å²) in [5.41, 5.74) is 5.53. The molecule has 1 rings (SSSR count). The molecule has 1 aromatic heterocycles. The number of amides is 1. The van der Waals surface area contributed by atoms with Crippen LogP contribution in [0, 0.1) is 11.5 Å². The largest absolute Gasteiger partial charge is 0.325 e. The van der Waals surface area contributed by atoms with Crippen LogP contribution in [0.4, 0.5) is 0 Å². The molecule has 5 nitrogen and oxygen atoms in total. The third-order valence-electron chi connectivity index (χ3n) is 1.13. The number of nitrogens with two attached hydrogens (primary N) is 1. The maximum Gasteiger partial charge on any atom is 0.283 e. The Labute approximate surface area is 72.8 Å². The number of aromatic nitrogens is 1. The lowest BCUT2D eigenvalue weighted by Crippen LogP contribution is -2.17. The molecule has 0 saturated carbocycles. The molecular weight excluding hydrogens is 176 g/mol. The maximum atomic E-state index is 10.9. The molecule has 62 valence electrons. The molecule has 0 aromatic carbocycles. The minimum Gasteiger partial charge on any atom is -0.325 e. The summed E-state index contributed by atoms with van der Waals surface area (Å²) in [5, 5.41) is 12.3. The number of hydrogen-bond acceptors (Lipinski definition) is 5. The van der Waals surface area contributed by atoms with Gasteiger partial charge in [-0.2, -0.15) is 5.26 Å². The van der Waals surface area contributed by atoms with Crippen molar-refractivity contribution < 1.29 is 4.79 Å². The zero-order chi connectivity index (χ0) is 8.97. The van der Waals surface area contributed by atoms with Gasteiger partial charge >= 0.3 is 0 Å². The third-order valence-corrected chi connectivity index (χ3v) is 2.00. The summed E-state index contributed by atoms with van der Waals surface area (Å²) in [6.07, 6.45) is 1.53. The highest BCUT2D eigenvalue weighted by atomic mass is 32.1. The van der Waals surface area contributed by atoms with Crippen LogP contribution in [-0.2, 0) is 6.54 Å². The van der Waals surface area contributed by atoms with Gasteiger partial charge in [0.05, 0.1) is 0 Å². The van der Waals surface area contributed by atoms with Crippen molar-refractivity contribution in [2.45, 2.75) is 6.54 Å². The summed E-state index contributed by atoms with van der Waals surface area (Å²) in [6, 6.07) is 0. The van der Waals surface area contributed by atoms with E-state index in [9.17, 15) is 4.79 Å². The molecule has 0 fully saturated rings. The molecule has 0 spiro atoms. The van der Waals surface area contributed by atoms with Crippen molar-refractivity contribution in [2.75, 3.05) is 0 Å². The topological polar surface area (TPSA) is 91.8 Å². The van der Waals surface area contributed by atoms with Crippen molar-refractivity contribution in [2.24, 2.45) is 5.73 Å². The van der Waals surface area contributed by atoms with Crippen LogP contribution in [0.5, 0.6) is 0 Å². The van der Waals surface area contributed by atoms with Gasteiger partial charge in [0.25, 0.3) is 5.91 Å². The molecule has 0 radical (unpaired) electrons. The molecule has 3 N–H and O–H groups in total. The molecule has 0 atom stereocenters. The number of hydrogen-bond donors (Lipinski definition) is 2. The standard InChI is InChI=1S/C6H6N4OS/c7-1-5-10-4(2-12-5)6(11)9-3-8/h2H,1,7H2,(H,9,11). The fourth-order valence-corrected chi connectivity index (χ4v) is 1.28. The van der Waals surface area contributed by atoms with E-state index in [0.29, 0.717) is 11.6 Å². The molecule has 12 heavy (non-hydrogen) atoms. The summed E-state index contributed by atoms with van der Waals surface area (Å²) in [7, 11) is 0. The van der Waals surface area contributed by atoms with Crippen LogP contribution in [0.15, 0.2) is 5.38 Å². The second-order valence-electron chi connectivity index (χ2n) is 1.90. The lowest BCUT2D eigenvalue weighted by Gasteiger charge is -1.88. The van der Waals surface area contributed by atoms with Crippen LogP contribution in [0.3, 0.4) is 0 Å². The predicted molar refractivity (Wildman–Crippen MR) is 43.1 cm³/mol. The van der Waals surface area contributed by atoms with E-state index in [1.165, 1.54) is 17.5 Å². The third kappa shape index (κ3) is 1.78. The van der Waals surface area contributed by atoms with Crippen molar-refractivity contribution in [1.29, 1.82) is 5.26 Å². The smallest absolute Gasteiger partial charge is 0.283 e. The van der Waals surface area contributed by atoms with Gasteiger partial charge in [-0.1, -0.05) is 0 Å². The first-order valence-corrected chi connectivity index (χ1v) is 3.99. The second-order valence-corrected chi connectivity index (χ2v) is 2.84. The highest BCUT2D eigenvalue weighted by Gasteiger charge is 2.08. The molecule has 1 amide bonds. The van der Waals surface area contributed by atoms with E-state index in [1.54, 1.807) is 5.38 Å². The number of nitrogens with zero attached hydrogens (tertiary/aromatic N) is 2. The molecule has 0 unspecified atom stereocenters. The molecule has 0 bridgehead atoms. The minimum absolute atomic E-state index is 0.238. The Morgan fingerprint density at radius 2 is 2.67 bits per heavy atom. The number of thiazole rings is 1. The van der Waals surface area contributed by atoms with Crippen molar-refractivity contribution in [3.63, 3.8) is 0 Å². The van der Waals surface area contributed by atoms with Crippen molar-refractivity contribution >= 4 is 17.2 Å². The fraction of sp³-hybridized carbons (Fsp3) is 0.167. The first kappa shape index (κ1) is 8.64. The average molecular weight is 182 g/mol. The van der Waals surface area contributed by atoms with Gasteiger partial charge in [0.15, 0.2) is 6.19 Å². The number of carbonyl (C=O) groups is 1. The SMILES string of the molecule is N#CNC(=O)c1csc(CN)n1. The minimum atomic E-state index is -0.492. The number of nitrogens with one attached hydrogen (secondary N) is 1.